The highest BCUT2D eigenvalue weighted by Gasteiger charge is 2.17. The number of aryl methyl sites for hydroxylation is 2. The summed E-state index contributed by atoms with van der Waals surface area (Å²) in [6.07, 6.45) is 1.25. The lowest BCUT2D eigenvalue weighted by molar-refractivity contribution is 0.486. The van der Waals surface area contributed by atoms with Crippen LogP contribution in [0.1, 0.15) is 29.9 Å². The zero-order valence-electron chi connectivity index (χ0n) is 11.0. The molecule has 19 heavy (non-hydrogen) atoms. The highest BCUT2D eigenvalue weighted by atomic mass is 19.2. The second-order valence-corrected chi connectivity index (χ2v) is 4.56. The molecule has 0 aliphatic heterocycles. The maximum atomic E-state index is 13.6. The Balaban J connectivity index is 2.22. The van der Waals surface area contributed by atoms with Crippen LogP contribution in [0.15, 0.2) is 24.3 Å². The van der Waals surface area contributed by atoms with Gasteiger partial charge in [0, 0.05) is 30.8 Å². The maximum Gasteiger partial charge on any atom is 0.163 e. The summed E-state index contributed by atoms with van der Waals surface area (Å²) in [5.74, 6) is -1.74. The summed E-state index contributed by atoms with van der Waals surface area (Å²) in [7, 11) is 1.82. The van der Waals surface area contributed by atoms with E-state index < -0.39 is 17.7 Å². The van der Waals surface area contributed by atoms with Crippen LogP contribution in [0.25, 0.3) is 0 Å². The van der Waals surface area contributed by atoms with Gasteiger partial charge in [-0.1, -0.05) is 19.1 Å². The maximum absolute atomic E-state index is 13.6. The first-order valence-corrected chi connectivity index (χ1v) is 6.24. The molecule has 2 aromatic rings. The number of aromatic nitrogens is 2. The first kappa shape index (κ1) is 13.7. The minimum atomic E-state index is -0.868. The molecule has 0 bridgehead atoms. The van der Waals surface area contributed by atoms with Crippen molar-refractivity contribution in [1.29, 1.82) is 0 Å². The van der Waals surface area contributed by atoms with E-state index in [1.54, 1.807) is 4.68 Å². The summed E-state index contributed by atoms with van der Waals surface area (Å²) < 4.78 is 28.5. The fourth-order valence-corrected chi connectivity index (χ4v) is 2.08. The van der Waals surface area contributed by atoms with Gasteiger partial charge in [0.2, 0.25) is 0 Å². The van der Waals surface area contributed by atoms with Crippen LogP contribution in [-0.2, 0) is 19.9 Å². The lowest BCUT2D eigenvalue weighted by Crippen LogP contribution is -2.17. The number of hydrogen-bond acceptors (Lipinski definition) is 2. The van der Waals surface area contributed by atoms with Crippen LogP contribution in [0, 0.1) is 11.6 Å². The van der Waals surface area contributed by atoms with Gasteiger partial charge in [0.1, 0.15) is 0 Å². The van der Waals surface area contributed by atoms with Gasteiger partial charge < -0.3 is 5.73 Å². The zero-order chi connectivity index (χ0) is 14.0. The molecule has 1 aromatic heterocycles. The van der Waals surface area contributed by atoms with Gasteiger partial charge in [0.05, 0.1) is 5.69 Å². The molecular formula is C14H17F2N3. The van der Waals surface area contributed by atoms with E-state index in [1.807, 2.05) is 20.0 Å². The van der Waals surface area contributed by atoms with Gasteiger partial charge in [0.15, 0.2) is 11.6 Å². The third-order valence-corrected chi connectivity index (χ3v) is 3.20. The van der Waals surface area contributed by atoms with Crippen molar-refractivity contribution in [2.75, 3.05) is 0 Å². The number of hydrogen-bond donors (Lipinski definition) is 1. The van der Waals surface area contributed by atoms with Crippen LogP contribution in [0.4, 0.5) is 8.78 Å². The lowest BCUT2D eigenvalue weighted by atomic mass is 10.0. The minimum Gasteiger partial charge on any atom is -0.324 e. The number of halogens is 2. The van der Waals surface area contributed by atoms with E-state index in [0.717, 1.165) is 23.9 Å². The van der Waals surface area contributed by atoms with Crippen molar-refractivity contribution in [1.82, 2.24) is 9.78 Å². The average Bonchev–Trinajstić information content (AvgIpc) is 2.73. The molecule has 0 fully saturated rings. The van der Waals surface area contributed by atoms with Crippen LogP contribution in [0.5, 0.6) is 0 Å². The Kier molecular flexibility index (Phi) is 3.95. The topological polar surface area (TPSA) is 43.8 Å². The predicted molar refractivity (Wildman–Crippen MR) is 69.6 cm³/mol. The van der Waals surface area contributed by atoms with Crippen LogP contribution >= 0.6 is 0 Å². The van der Waals surface area contributed by atoms with Gasteiger partial charge in [-0.2, -0.15) is 5.10 Å². The van der Waals surface area contributed by atoms with Gasteiger partial charge in [-0.15, -0.1) is 0 Å². The quantitative estimate of drug-likeness (QED) is 0.923. The fourth-order valence-electron chi connectivity index (χ4n) is 2.08. The molecule has 0 amide bonds. The van der Waals surface area contributed by atoms with Gasteiger partial charge in [-0.05, 0) is 18.6 Å². The molecule has 0 saturated heterocycles. The smallest absolute Gasteiger partial charge is 0.163 e. The Bertz CT molecular complexity index is 578. The van der Waals surface area contributed by atoms with Crippen LogP contribution < -0.4 is 5.73 Å². The van der Waals surface area contributed by atoms with Gasteiger partial charge >= 0.3 is 0 Å². The van der Waals surface area contributed by atoms with Crippen molar-refractivity contribution in [3.8, 4) is 0 Å². The second-order valence-electron chi connectivity index (χ2n) is 4.56. The van der Waals surface area contributed by atoms with Crippen molar-refractivity contribution in [3.05, 3.63) is 52.9 Å². The molecule has 1 aromatic carbocycles. The molecule has 0 spiro atoms. The normalized spacial score (nSPS) is 12.7. The SMILES string of the molecule is CCc1cc(CC(N)c2cccc(F)c2F)n(C)n1. The minimum absolute atomic E-state index is 0.194. The Morgan fingerprint density at radius 2 is 2.11 bits per heavy atom. The monoisotopic (exact) mass is 265 g/mol. The number of benzene rings is 1. The third-order valence-electron chi connectivity index (χ3n) is 3.20. The fraction of sp³-hybridized carbons (Fsp3) is 0.357. The van der Waals surface area contributed by atoms with E-state index in [2.05, 4.69) is 5.10 Å². The van der Waals surface area contributed by atoms with E-state index in [9.17, 15) is 8.78 Å². The second kappa shape index (κ2) is 5.48. The molecule has 1 atom stereocenters. The molecule has 102 valence electrons. The van der Waals surface area contributed by atoms with Crippen LogP contribution in [-0.4, -0.2) is 9.78 Å². The molecule has 2 N–H and O–H groups in total. The Labute approximate surface area is 111 Å². The van der Waals surface area contributed by atoms with Crippen LogP contribution in [0.2, 0.25) is 0 Å². The van der Waals surface area contributed by atoms with Gasteiger partial charge in [-0.25, -0.2) is 8.78 Å². The average molecular weight is 265 g/mol. The lowest BCUT2D eigenvalue weighted by Gasteiger charge is -2.13. The number of nitrogens with zero attached hydrogens (tertiary/aromatic N) is 2. The molecule has 0 aliphatic carbocycles. The van der Waals surface area contributed by atoms with E-state index in [1.165, 1.54) is 12.1 Å². The Hall–Kier alpha value is -1.75. The molecule has 0 aliphatic rings. The van der Waals surface area contributed by atoms with Crippen molar-refractivity contribution in [2.24, 2.45) is 12.8 Å². The standard InChI is InChI=1S/C14H17F2N3/c1-3-9-7-10(19(2)18-9)8-13(17)11-5-4-6-12(15)14(11)16/h4-7,13H,3,8,17H2,1-2H3. The van der Waals surface area contributed by atoms with Crippen molar-refractivity contribution < 1.29 is 8.78 Å². The molecule has 1 heterocycles. The molecule has 1 unspecified atom stereocenters. The predicted octanol–water partition coefficient (Wildman–Crippen LogP) is 2.50. The van der Waals surface area contributed by atoms with Crippen molar-refractivity contribution >= 4 is 0 Å². The van der Waals surface area contributed by atoms with E-state index in [4.69, 9.17) is 5.73 Å². The van der Waals surface area contributed by atoms with Gasteiger partial charge in [-0.3, -0.25) is 4.68 Å². The summed E-state index contributed by atoms with van der Waals surface area (Å²) in [5.41, 5.74) is 8.03. The number of nitrogens with two attached hydrogens (primary N) is 1. The Morgan fingerprint density at radius 1 is 1.37 bits per heavy atom. The molecule has 0 radical (unpaired) electrons. The summed E-state index contributed by atoms with van der Waals surface area (Å²) >= 11 is 0. The van der Waals surface area contributed by atoms with Crippen LogP contribution in [0.3, 0.4) is 0 Å². The van der Waals surface area contributed by atoms with E-state index >= 15 is 0 Å². The highest BCUT2D eigenvalue weighted by molar-refractivity contribution is 5.24. The molecular weight excluding hydrogens is 248 g/mol. The van der Waals surface area contributed by atoms with Crippen molar-refractivity contribution in [2.45, 2.75) is 25.8 Å². The van der Waals surface area contributed by atoms with E-state index in [0.29, 0.717) is 6.42 Å². The first-order chi connectivity index (χ1) is 9.02. The van der Waals surface area contributed by atoms with Crippen molar-refractivity contribution in [3.63, 3.8) is 0 Å². The molecule has 2 rings (SSSR count). The zero-order valence-corrected chi connectivity index (χ0v) is 11.0. The number of rotatable bonds is 4. The summed E-state index contributed by atoms with van der Waals surface area (Å²) in [4.78, 5) is 0. The largest absolute Gasteiger partial charge is 0.324 e. The highest BCUT2D eigenvalue weighted by Crippen LogP contribution is 2.21. The molecule has 3 nitrogen and oxygen atoms in total. The summed E-state index contributed by atoms with van der Waals surface area (Å²) in [6, 6.07) is 5.42. The van der Waals surface area contributed by atoms with E-state index in [-0.39, 0.29) is 5.56 Å². The third kappa shape index (κ3) is 2.81. The first-order valence-electron chi connectivity index (χ1n) is 6.24. The molecule has 5 heteroatoms. The summed E-state index contributed by atoms with van der Waals surface area (Å²) in [5, 5.41) is 4.31. The van der Waals surface area contributed by atoms with Gasteiger partial charge in [0.25, 0.3) is 0 Å². The molecule has 0 saturated carbocycles. The summed E-state index contributed by atoms with van der Waals surface area (Å²) in [6.45, 7) is 2.01. The Morgan fingerprint density at radius 3 is 2.74 bits per heavy atom.